The highest BCUT2D eigenvalue weighted by Crippen LogP contribution is 2.73. The number of nitrogens with zero attached hydrogens (tertiary/aromatic N) is 1. The molecule has 3 aliphatic carbocycles. The van der Waals surface area contributed by atoms with Gasteiger partial charge in [0.2, 0.25) is 11.8 Å². The number of allylic oxidation sites excluding steroid dienone is 2. The van der Waals surface area contributed by atoms with Crippen molar-refractivity contribution in [1.82, 2.24) is 0 Å². The van der Waals surface area contributed by atoms with Crippen molar-refractivity contribution in [3.8, 4) is 5.75 Å². The van der Waals surface area contributed by atoms with Gasteiger partial charge in [0, 0.05) is 6.92 Å². The Balaban J connectivity index is 1.46. The molecule has 1 aromatic carbocycles. The van der Waals surface area contributed by atoms with E-state index in [1.807, 2.05) is 0 Å². The molecule has 2 bridgehead atoms. The van der Waals surface area contributed by atoms with E-state index in [1.54, 1.807) is 24.3 Å². The van der Waals surface area contributed by atoms with E-state index in [4.69, 9.17) is 4.74 Å². The van der Waals surface area contributed by atoms with Gasteiger partial charge in [0.15, 0.2) is 0 Å². The maximum absolute atomic E-state index is 13.0. The second-order valence-electron chi connectivity index (χ2n) is 7.32. The average Bonchev–Trinajstić information content (AvgIpc) is 3.14. The molecule has 4 atom stereocenters. The zero-order chi connectivity index (χ0) is 16.6. The molecule has 1 spiro atoms. The summed E-state index contributed by atoms with van der Waals surface area (Å²) < 4.78 is 5.00. The number of ether oxygens (including phenoxy) is 1. The number of rotatable bonds is 2. The summed E-state index contributed by atoms with van der Waals surface area (Å²) in [6.45, 7) is 1.33. The first-order valence-corrected chi connectivity index (χ1v) is 8.37. The summed E-state index contributed by atoms with van der Waals surface area (Å²) in [5.41, 5.74) is 0.769. The molecule has 122 valence electrons. The molecule has 0 aromatic heterocycles. The lowest BCUT2D eigenvalue weighted by Gasteiger charge is -2.21. The first kappa shape index (κ1) is 14.0. The maximum atomic E-state index is 13.0. The van der Waals surface area contributed by atoms with E-state index in [2.05, 4.69) is 12.2 Å². The third kappa shape index (κ3) is 1.57. The molecule has 0 radical (unpaired) electrons. The fraction of sp³-hybridized carbons (Fsp3) is 0.421. The molecular formula is C19H17NO4. The van der Waals surface area contributed by atoms with Crippen molar-refractivity contribution < 1.29 is 19.1 Å². The van der Waals surface area contributed by atoms with Crippen LogP contribution in [0.25, 0.3) is 0 Å². The number of anilines is 1. The minimum atomic E-state index is -0.400. The first-order valence-electron chi connectivity index (χ1n) is 8.37. The van der Waals surface area contributed by atoms with Crippen LogP contribution in [-0.4, -0.2) is 17.8 Å². The largest absolute Gasteiger partial charge is 0.427 e. The van der Waals surface area contributed by atoms with Crippen molar-refractivity contribution in [2.75, 3.05) is 4.90 Å². The number of hydrogen-bond donors (Lipinski definition) is 0. The van der Waals surface area contributed by atoms with Crippen LogP contribution in [0.4, 0.5) is 5.69 Å². The van der Waals surface area contributed by atoms with E-state index in [1.165, 1.54) is 11.8 Å². The van der Waals surface area contributed by atoms with Gasteiger partial charge in [-0.15, -0.1) is 0 Å². The third-order valence-corrected chi connectivity index (χ3v) is 6.21. The van der Waals surface area contributed by atoms with E-state index in [0.29, 0.717) is 11.4 Å². The van der Waals surface area contributed by atoms with E-state index >= 15 is 0 Å². The number of fused-ring (bicyclic) bond motifs is 3. The summed E-state index contributed by atoms with van der Waals surface area (Å²) >= 11 is 0. The van der Waals surface area contributed by atoms with Crippen molar-refractivity contribution in [2.45, 2.75) is 19.8 Å². The van der Waals surface area contributed by atoms with Gasteiger partial charge in [-0.3, -0.25) is 19.3 Å². The summed E-state index contributed by atoms with van der Waals surface area (Å²) in [6, 6.07) is 6.55. The Labute approximate surface area is 139 Å². The minimum Gasteiger partial charge on any atom is -0.427 e. The molecule has 1 saturated heterocycles. The summed E-state index contributed by atoms with van der Waals surface area (Å²) in [4.78, 5) is 38.2. The highest BCUT2D eigenvalue weighted by molar-refractivity contribution is 6.23. The lowest BCUT2D eigenvalue weighted by molar-refractivity contribution is -0.132. The van der Waals surface area contributed by atoms with Crippen LogP contribution in [0.3, 0.4) is 0 Å². The highest BCUT2D eigenvalue weighted by Gasteiger charge is 2.73. The Bertz CT molecular complexity index is 771. The van der Waals surface area contributed by atoms with Gasteiger partial charge in [0.1, 0.15) is 5.75 Å². The number of carbonyl (C=O) groups is 3. The van der Waals surface area contributed by atoms with E-state index < -0.39 is 5.97 Å². The molecule has 0 N–H and O–H groups in total. The Morgan fingerprint density at radius 3 is 2.04 bits per heavy atom. The topological polar surface area (TPSA) is 63.7 Å². The van der Waals surface area contributed by atoms with Gasteiger partial charge in [0.25, 0.3) is 0 Å². The van der Waals surface area contributed by atoms with Crippen molar-refractivity contribution in [2.24, 2.45) is 29.1 Å². The quantitative estimate of drug-likeness (QED) is 0.363. The molecule has 2 amide bonds. The molecule has 4 aliphatic rings. The van der Waals surface area contributed by atoms with Crippen LogP contribution in [-0.2, 0) is 14.4 Å². The number of imide groups is 1. The fourth-order valence-corrected chi connectivity index (χ4v) is 5.16. The molecule has 1 aromatic rings. The van der Waals surface area contributed by atoms with Crippen LogP contribution < -0.4 is 9.64 Å². The Kier molecular flexibility index (Phi) is 2.53. The molecule has 5 nitrogen and oxygen atoms in total. The molecule has 1 heterocycles. The number of benzene rings is 1. The number of carbonyl (C=O) groups excluding carboxylic acids is 3. The Hall–Kier alpha value is -2.43. The summed E-state index contributed by atoms with van der Waals surface area (Å²) in [6.07, 6.45) is 6.61. The fourth-order valence-electron chi connectivity index (χ4n) is 5.16. The van der Waals surface area contributed by atoms with E-state index in [0.717, 1.165) is 12.8 Å². The second kappa shape index (κ2) is 4.35. The lowest BCUT2D eigenvalue weighted by Crippen LogP contribution is -2.34. The Morgan fingerprint density at radius 2 is 1.58 bits per heavy atom. The molecule has 3 fully saturated rings. The van der Waals surface area contributed by atoms with Crippen molar-refractivity contribution in [3.05, 3.63) is 36.4 Å². The molecule has 1 aliphatic heterocycles. The van der Waals surface area contributed by atoms with Crippen LogP contribution in [0.1, 0.15) is 19.8 Å². The monoisotopic (exact) mass is 323 g/mol. The maximum Gasteiger partial charge on any atom is 0.308 e. The SMILES string of the molecule is CC(=O)Oc1ccc(N2C(=O)[C@@H]3[C@@H](C2=O)[C@H]2C=C[C@H]3C23CC3)cc1. The zero-order valence-electron chi connectivity index (χ0n) is 13.3. The normalized spacial score (nSPS) is 34.1. The van der Waals surface area contributed by atoms with E-state index in [-0.39, 0.29) is 40.9 Å². The van der Waals surface area contributed by atoms with E-state index in [9.17, 15) is 14.4 Å². The lowest BCUT2D eigenvalue weighted by atomic mass is 9.85. The van der Waals surface area contributed by atoms with Crippen LogP contribution in [0.15, 0.2) is 36.4 Å². The zero-order valence-corrected chi connectivity index (χ0v) is 13.3. The smallest absolute Gasteiger partial charge is 0.308 e. The molecular weight excluding hydrogens is 306 g/mol. The third-order valence-electron chi connectivity index (χ3n) is 6.21. The molecule has 0 unspecified atom stereocenters. The van der Waals surface area contributed by atoms with Crippen LogP contribution in [0.2, 0.25) is 0 Å². The van der Waals surface area contributed by atoms with Crippen molar-refractivity contribution in [1.29, 1.82) is 0 Å². The predicted octanol–water partition coefficient (Wildman–Crippen LogP) is 2.31. The number of esters is 1. The molecule has 5 rings (SSSR count). The van der Waals surface area contributed by atoms with Gasteiger partial charge in [-0.05, 0) is 54.4 Å². The minimum absolute atomic E-state index is 0.0756. The van der Waals surface area contributed by atoms with Gasteiger partial charge in [-0.1, -0.05) is 12.2 Å². The predicted molar refractivity (Wildman–Crippen MR) is 85.0 cm³/mol. The summed E-state index contributed by atoms with van der Waals surface area (Å²) in [5, 5.41) is 0. The number of amides is 2. The molecule has 5 heteroatoms. The van der Waals surface area contributed by atoms with Gasteiger partial charge in [0.05, 0.1) is 17.5 Å². The number of hydrogen-bond acceptors (Lipinski definition) is 4. The second-order valence-corrected chi connectivity index (χ2v) is 7.32. The first-order chi connectivity index (χ1) is 11.5. The van der Waals surface area contributed by atoms with Gasteiger partial charge >= 0.3 is 5.97 Å². The highest BCUT2D eigenvalue weighted by atomic mass is 16.5. The van der Waals surface area contributed by atoms with Crippen molar-refractivity contribution in [3.63, 3.8) is 0 Å². The summed E-state index contributed by atoms with van der Waals surface area (Å²) in [7, 11) is 0. The van der Waals surface area contributed by atoms with Crippen LogP contribution in [0.5, 0.6) is 5.75 Å². The molecule has 2 saturated carbocycles. The van der Waals surface area contributed by atoms with Crippen LogP contribution in [0, 0.1) is 29.1 Å². The molecule has 24 heavy (non-hydrogen) atoms. The van der Waals surface area contributed by atoms with Gasteiger partial charge in [-0.2, -0.15) is 0 Å². The standard InChI is InChI=1S/C19H17NO4/c1-10(21)24-12-4-2-11(3-5-12)20-17(22)15-13-6-7-14(16(15)18(20)23)19(13)8-9-19/h2-7,13-16H,8-9H2,1H3/t13-,14-,15+,16+/m1/s1. The van der Waals surface area contributed by atoms with Gasteiger partial charge in [-0.25, -0.2) is 0 Å². The Morgan fingerprint density at radius 1 is 1.04 bits per heavy atom. The van der Waals surface area contributed by atoms with Crippen molar-refractivity contribution >= 4 is 23.5 Å². The summed E-state index contributed by atoms with van der Waals surface area (Å²) in [5.74, 6) is -0.0660. The van der Waals surface area contributed by atoms with Crippen LogP contribution >= 0.6 is 0 Å². The average molecular weight is 323 g/mol. The van der Waals surface area contributed by atoms with Gasteiger partial charge < -0.3 is 4.74 Å².